The molecule has 3 aromatic carbocycles. The number of carbonyl (C=O) groups is 9. The van der Waals surface area contributed by atoms with Crippen LogP contribution in [0.5, 0.6) is 11.5 Å². The van der Waals surface area contributed by atoms with Crippen LogP contribution in [0.4, 0.5) is 0 Å². The first-order valence-electron chi connectivity index (χ1n) is 30.7. The van der Waals surface area contributed by atoms with E-state index in [-0.39, 0.29) is 93.6 Å². The maximum absolute atomic E-state index is 14.9. The monoisotopic (exact) mass is 1260 g/mol. The van der Waals surface area contributed by atoms with Gasteiger partial charge in [0.1, 0.15) is 53.8 Å². The maximum Gasteiger partial charge on any atom is 0.246 e. The second kappa shape index (κ2) is 33.6. The molecule has 1 aliphatic heterocycles. The number of aromatic amines is 2. The molecule has 492 valence electrons. The van der Waals surface area contributed by atoms with Crippen LogP contribution in [0.3, 0.4) is 0 Å². The minimum atomic E-state index is -1.50. The van der Waals surface area contributed by atoms with E-state index in [9.17, 15) is 63.6 Å². The van der Waals surface area contributed by atoms with Crippen molar-refractivity contribution < 1.29 is 63.6 Å². The molecule has 3 heterocycles. The van der Waals surface area contributed by atoms with Crippen molar-refractivity contribution in [2.75, 3.05) is 13.2 Å². The summed E-state index contributed by atoms with van der Waals surface area (Å²) in [6, 6.07) is 10.5. The average Bonchev–Trinajstić information content (AvgIpc) is 2.02. The standard InChI is InChI=1S/C65H89N13O13/c1-37(2)24-42(57(84)72-48(27-40-15-19-45(80)20-16-40)58(85)73-49(28-41-17-21-46(81)22-18-41)60(87)76-53(34-79)56(66)83)29-55(82)47(25-38(3)4)71-61(88)51(30-43-32-67-35-69-43)74-59(86)50(26-39-12-9-8-10-13-39)75-62(89)54-14-11-23-78(54)63(90)52(31-44-33-68-36-70-44)77-64(91)65(5,6)7/h8-10,12-13,15-22,32-33,35-38,42,47-55,79-82H,11,14,23-31,34H2,1-7H3,(H2,66,83)(H,67,69)(H,68,70)(H,71,88)(H,72,84)(H,73,85)(H,74,86)(H,75,89)(H,76,87)(H,77,91)/t42-,47-,48-,49-,50-,51-,52-,53-,54-,55-/m0/s1. The van der Waals surface area contributed by atoms with E-state index in [1.165, 1.54) is 60.1 Å². The zero-order valence-electron chi connectivity index (χ0n) is 52.6. The van der Waals surface area contributed by atoms with Crippen LogP contribution in [-0.4, -0.2) is 166 Å². The van der Waals surface area contributed by atoms with Crippen LogP contribution in [-0.2, 0) is 75.3 Å². The number of aromatic nitrogens is 4. The molecule has 26 heteroatoms. The molecule has 0 bridgehead atoms. The molecule has 1 fully saturated rings. The SMILES string of the molecule is CC(C)C[C@@H](C[C@H](O)[C@H](CC(C)C)NC(=O)[C@H](Cc1cnc[nH]1)NC(=O)[C@H](Cc1ccccc1)NC(=O)[C@@H]1CCCN1C(=O)[C@H](Cc1cnc[nH]1)NC(=O)C(C)(C)C)C(=O)N[C@@H](Cc1ccc(O)cc1)C(=O)N[C@@H](Cc1ccc(O)cc1)C(=O)N[C@@H](CO)C(N)=O. The first-order valence-corrected chi connectivity index (χ1v) is 30.7. The molecular formula is C65H89N13O13. The molecule has 6 rings (SSSR count). The second-order valence-electron chi connectivity index (χ2n) is 25.2. The van der Waals surface area contributed by atoms with E-state index in [1.807, 2.05) is 27.7 Å². The summed E-state index contributed by atoms with van der Waals surface area (Å²) in [4.78, 5) is 143. The van der Waals surface area contributed by atoms with Gasteiger partial charge in [-0.15, -0.1) is 0 Å². The smallest absolute Gasteiger partial charge is 0.246 e. The molecule has 1 aliphatic rings. The number of rotatable bonds is 33. The molecule has 0 saturated carbocycles. The van der Waals surface area contributed by atoms with E-state index in [2.05, 4.69) is 57.2 Å². The van der Waals surface area contributed by atoms with E-state index in [0.29, 0.717) is 34.5 Å². The molecule has 91 heavy (non-hydrogen) atoms. The predicted octanol–water partition coefficient (Wildman–Crippen LogP) is 1.43. The van der Waals surface area contributed by atoms with Gasteiger partial charge in [0.05, 0.1) is 31.4 Å². The fourth-order valence-corrected chi connectivity index (χ4v) is 10.8. The van der Waals surface area contributed by atoms with Crippen molar-refractivity contribution in [1.82, 2.24) is 62.1 Å². The summed E-state index contributed by atoms with van der Waals surface area (Å²) in [6.45, 7) is 12.0. The van der Waals surface area contributed by atoms with Crippen molar-refractivity contribution in [1.29, 1.82) is 0 Å². The number of H-pyrrole nitrogens is 2. The number of nitrogens with one attached hydrogen (secondary N) is 9. The highest BCUT2D eigenvalue weighted by molar-refractivity contribution is 5.97. The predicted molar refractivity (Wildman–Crippen MR) is 335 cm³/mol. The summed E-state index contributed by atoms with van der Waals surface area (Å²) in [5.74, 6) is -7.76. The van der Waals surface area contributed by atoms with Gasteiger partial charge in [-0.2, -0.15) is 0 Å². The number of nitrogens with zero attached hydrogens (tertiary/aromatic N) is 3. The molecule has 1 saturated heterocycles. The van der Waals surface area contributed by atoms with Gasteiger partial charge in [-0.25, -0.2) is 9.97 Å². The molecule has 10 atom stereocenters. The van der Waals surface area contributed by atoms with E-state index >= 15 is 0 Å². The minimum Gasteiger partial charge on any atom is -0.508 e. The van der Waals surface area contributed by atoms with Gasteiger partial charge < -0.3 is 78.2 Å². The topological polar surface area (TPSA) is 405 Å². The van der Waals surface area contributed by atoms with Crippen molar-refractivity contribution in [2.45, 2.75) is 167 Å². The number of imidazole rings is 2. The molecule has 15 N–H and O–H groups in total. The summed E-state index contributed by atoms with van der Waals surface area (Å²) < 4.78 is 0. The van der Waals surface area contributed by atoms with Gasteiger partial charge in [0.15, 0.2) is 0 Å². The number of aliphatic hydroxyl groups is 2. The minimum absolute atomic E-state index is 0.0231. The van der Waals surface area contributed by atoms with Crippen LogP contribution in [0.2, 0.25) is 0 Å². The van der Waals surface area contributed by atoms with Gasteiger partial charge in [-0.3, -0.25) is 43.2 Å². The maximum atomic E-state index is 14.9. The quantitative estimate of drug-likeness (QED) is 0.0283. The third-order valence-electron chi connectivity index (χ3n) is 15.7. The number of phenolic OH excluding ortho intramolecular Hbond substituents is 2. The Hall–Kier alpha value is -9.17. The second-order valence-corrected chi connectivity index (χ2v) is 25.2. The van der Waals surface area contributed by atoms with Gasteiger partial charge >= 0.3 is 0 Å². The number of likely N-dealkylation sites (tertiary alicyclic amines) is 1. The van der Waals surface area contributed by atoms with Crippen molar-refractivity contribution in [3.05, 3.63) is 132 Å². The Morgan fingerprint density at radius 2 is 1.02 bits per heavy atom. The normalized spacial score (nSPS) is 16.2. The van der Waals surface area contributed by atoms with Crippen LogP contribution in [0, 0.1) is 23.2 Å². The average molecular weight is 1260 g/mol. The van der Waals surface area contributed by atoms with Crippen LogP contribution in [0.1, 0.15) is 109 Å². The fourth-order valence-electron chi connectivity index (χ4n) is 10.8. The van der Waals surface area contributed by atoms with Gasteiger partial charge in [0.25, 0.3) is 0 Å². The van der Waals surface area contributed by atoms with Crippen molar-refractivity contribution in [3.63, 3.8) is 0 Å². The summed E-state index contributed by atoms with van der Waals surface area (Å²) in [6.07, 6.45) is 4.99. The number of aromatic hydroxyl groups is 2. The summed E-state index contributed by atoms with van der Waals surface area (Å²) >= 11 is 0. The van der Waals surface area contributed by atoms with Crippen molar-refractivity contribution in [3.8, 4) is 11.5 Å². The molecule has 0 aliphatic carbocycles. The van der Waals surface area contributed by atoms with Gasteiger partial charge in [-0.1, -0.05) is 103 Å². The molecule has 5 aromatic rings. The van der Waals surface area contributed by atoms with Crippen LogP contribution in [0.15, 0.2) is 104 Å². The number of primary amides is 1. The number of hydrogen-bond acceptors (Lipinski definition) is 15. The molecule has 26 nitrogen and oxygen atoms in total. The van der Waals surface area contributed by atoms with E-state index < -0.39 is 120 Å². The Balaban J connectivity index is 1.24. The third kappa shape index (κ3) is 22.1. The number of benzene rings is 3. The molecular weight excluding hydrogens is 1170 g/mol. The first kappa shape index (κ1) is 70.9. The lowest BCUT2D eigenvalue weighted by Crippen LogP contribution is -2.60. The number of aliphatic hydroxyl groups excluding tert-OH is 2. The number of phenols is 2. The largest absolute Gasteiger partial charge is 0.508 e. The third-order valence-corrected chi connectivity index (χ3v) is 15.7. The fraction of sp³-hybridized carbons (Fsp3) is 0.492. The van der Waals surface area contributed by atoms with E-state index in [1.54, 1.807) is 69.4 Å². The van der Waals surface area contributed by atoms with Gasteiger partial charge in [0, 0.05) is 73.8 Å². The Bertz CT molecular complexity index is 3190. The lowest BCUT2D eigenvalue weighted by molar-refractivity contribution is -0.143. The highest BCUT2D eigenvalue weighted by atomic mass is 16.3. The first-order chi connectivity index (χ1) is 43.2. The Morgan fingerprint density at radius 3 is 1.48 bits per heavy atom. The number of nitrogens with two attached hydrogens (primary N) is 1. The van der Waals surface area contributed by atoms with Crippen LogP contribution < -0.4 is 43.0 Å². The summed E-state index contributed by atoms with van der Waals surface area (Å²) in [5, 5.41) is 61.6. The van der Waals surface area contributed by atoms with Crippen LogP contribution >= 0.6 is 0 Å². The van der Waals surface area contributed by atoms with Crippen LogP contribution in [0.25, 0.3) is 0 Å². The van der Waals surface area contributed by atoms with Gasteiger partial charge in [0.2, 0.25) is 53.2 Å². The Labute approximate surface area is 529 Å². The lowest BCUT2D eigenvalue weighted by atomic mass is 9.86. The van der Waals surface area contributed by atoms with E-state index in [4.69, 9.17) is 5.73 Å². The number of amides is 9. The van der Waals surface area contributed by atoms with E-state index in [0.717, 1.165) is 0 Å². The Kier molecular flexibility index (Phi) is 26.2. The van der Waals surface area contributed by atoms with Crippen molar-refractivity contribution in [2.24, 2.45) is 28.9 Å². The zero-order valence-corrected chi connectivity index (χ0v) is 52.6. The summed E-state index contributed by atoms with van der Waals surface area (Å²) in [7, 11) is 0. The molecule has 9 amide bonds. The lowest BCUT2D eigenvalue weighted by Gasteiger charge is -2.32. The molecule has 2 aromatic heterocycles. The number of carbonyl (C=O) groups excluding carboxylic acids is 9. The molecule has 0 radical (unpaired) electrons. The zero-order chi connectivity index (χ0) is 66.5. The number of hydrogen-bond donors (Lipinski definition) is 14. The van der Waals surface area contributed by atoms with Crippen molar-refractivity contribution >= 4 is 53.2 Å². The molecule has 0 unspecified atom stereocenters. The molecule has 0 spiro atoms. The highest BCUT2D eigenvalue weighted by Gasteiger charge is 2.41. The highest BCUT2D eigenvalue weighted by Crippen LogP contribution is 2.25. The Morgan fingerprint density at radius 1 is 0.571 bits per heavy atom. The summed E-state index contributed by atoms with van der Waals surface area (Å²) in [5.41, 5.74) is 7.27. The van der Waals surface area contributed by atoms with Gasteiger partial charge in [-0.05, 0) is 84.9 Å².